The maximum absolute atomic E-state index is 12.0. The van der Waals surface area contributed by atoms with Gasteiger partial charge in [-0.2, -0.15) is 0 Å². The summed E-state index contributed by atoms with van der Waals surface area (Å²) in [6.07, 6.45) is 3.60. The van der Waals surface area contributed by atoms with Gasteiger partial charge in [-0.25, -0.2) is 4.79 Å². The van der Waals surface area contributed by atoms with Crippen LogP contribution in [0.4, 0.5) is 4.79 Å². The fourth-order valence-corrected chi connectivity index (χ4v) is 2.43. The molecular formula is C11H21N3O. The number of amides is 2. The van der Waals surface area contributed by atoms with Crippen molar-refractivity contribution in [1.29, 1.82) is 0 Å². The van der Waals surface area contributed by atoms with Gasteiger partial charge in [0.1, 0.15) is 0 Å². The molecule has 15 heavy (non-hydrogen) atoms. The molecule has 0 aromatic carbocycles. The van der Waals surface area contributed by atoms with E-state index in [0.717, 1.165) is 39.1 Å². The molecule has 0 spiro atoms. The van der Waals surface area contributed by atoms with Crippen LogP contribution in [-0.2, 0) is 0 Å². The van der Waals surface area contributed by atoms with Gasteiger partial charge in [0.15, 0.2) is 0 Å². The van der Waals surface area contributed by atoms with E-state index in [1.807, 2.05) is 9.80 Å². The zero-order chi connectivity index (χ0) is 10.7. The van der Waals surface area contributed by atoms with Crippen molar-refractivity contribution in [2.45, 2.75) is 32.2 Å². The fraction of sp³-hybridized carbons (Fsp3) is 0.909. The lowest BCUT2D eigenvalue weighted by Crippen LogP contribution is -2.49. The average molecular weight is 211 g/mol. The first kappa shape index (κ1) is 10.7. The number of carbonyl (C=O) groups excluding carboxylic acids is 1. The van der Waals surface area contributed by atoms with E-state index in [-0.39, 0.29) is 6.03 Å². The summed E-state index contributed by atoms with van der Waals surface area (Å²) < 4.78 is 0. The van der Waals surface area contributed by atoms with Gasteiger partial charge >= 0.3 is 6.03 Å². The quantitative estimate of drug-likeness (QED) is 0.701. The maximum atomic E-state index is 12.0. The number of unbranched alkanes of at least 4 members (excludes halogenated alkanes) is 2. The van der Waals surface area contributed by atoms with Gasteiger partial charge in [0.2, 0.25) is 0 Å². The van der Waals surface area contributed by atoms with Crippen LogP contribution in [0.15, 0.2) is 0 Å². The van der Waals surface area contributed by atoms with E-state index >= 15 is 0 Å². The van der Waals surface area contributed by atoms with Crippen LogP contribution in [0.3, 0.4) is 0 Å². The zero-order valence-corrected chi connectivity index (χ0v) is 9.54. The standard InChI is InChI=1S/C11H21N3O/c1-2-3-4-6-13-9-10-8-12-5-7-14(10)11(13)15/h10,12H,2-9H2,1H3. The number of rotatable bonds is 4. The molecule has 1 N–H and O–H groups in total. The molecule has 0 aromatic rings. The number of carbonyl (C=O) groups is 1. The zero-order valence-electron chi connectivity index (χ0n) is 9.54. The first-order chi connectivity index (χ1) is 7.33. The Morgan fingerprint density at radius 1 is 1.47 bits per heavy atom. The van der Waals surface area contributed by atoms with Crippen molar-refractivity contribution < 1.29 is 4.79 Å². The molecule has 1 unspecified atom stereocenters. The molecule has 0 aromatic heterocycles. The van der Waals surface area contributed by atoms with E-state index < -0.39 is 0 Å². The van der Waals surface area contributed by atoms with E-state index in [2.05, 4.69) is 12.2 Å². The third kappa shape index (κ3) is 2.25. The minimum atomic E-state index is 0.262. The van der Waals surface area contributed by atoms with Crippen molar-refractivity contribution in [1.82, 2.24) is 15.1 Å². The number of hydrogen-bond donors (Lipinski definition) is 1. The Labute approximate surface area is 91.6 Å². The molecule has 2 saturated heterocycles. The average Bonchev–Trinajstić information content (AvgIpc) is 2.57. The summed E-state index contributed by atoms with van der Waals surface area (Å²) in [5.41, 5.74) is 0. The van der Waals surface area contributed by atoms with Gasteiger partial charge < -0.3 is 15.1 Å². The van der Waals surface area contributed by atoms with Crippen molar-refractivity contribution >= 4 is 6.03 Å². The molecule has 2 fully saturated rings. The molecule has 1 atom stereocenters. The highest BCUT2D eigenvalue weighted by molar-refractivity contribution is 5.77. The fourth-order valence-electron chi connectivity index (χ4n) is 2.43. The Bertz CT molecular complexity index is 232. The molecule has 0 saturated carbocycles. The second-order valence-electron chi connectivity index (χ2n) is 4.49. The lowest BCUT2D eigenvalue weighted by atomic mass is 10.2. The van der Waals surface area contributed by atoms with Gasteiger partial charge in [-0.05, 0) is 6.42 Å². The van der Waals surface area contributed by atoms with E-state index in [9.17, 15) is 4.79 Å². The summed E-state index contributed by atoms with van der Waals surface area (Å²) in [5, 5.41) is 3.34. The van der Waals surface area contributed by atoms with Crippen LogP contribution in [0.1, 0.15) is 26.2 Å². The summed E-state index contributed by atoms with van der Waals surface area (Å²) in [5.74, 6) is 0. The van der Waals surface area contributed by atoms with E-state index in [0.29, 0.717) is 6.04 Å². The molecular weight excluding hydrogens is 190 g/mol. The number of nitrogens with zero attached hydrogens (tertiary/aromatic N) is 2. The third-order valence-electron chi connectivity index (χ3n) is 3.33. The Morgan fingerprint density at radius 2 is 2.33 bits per heavy atom. The molecule has 2 amide bonds. The normalized spacial score (nSPS) is 25.9. The molecule has 2 rings (SSSR count). The molecule has 86 valence electrons. The second-order valence-corrected chi connectivity index (χ2v) is 4.49. The van der Waals surface area contributed by atoms with Crippen LogP contribution >= 0.6 is 0 Å². The van der Waals surface area contributed by atoms with Gasteiger partial charge in [-0.15, -0.1) is 0 Å². The van der Waals surface area contributed by atoms with E-state index in [1.165, 1.54) is 12.8 Å². The highest BCUT2D eigenvalue weighted by Crippen LogP contribution is 2.17. The monoisotopic (exact) mass is 211 g/mol. The van der Waals surface area contributed by atoms with E-state index in [1.54, 1.807) is 0 Å². The molecule has 2 aliphatic rings. The third-order valence-corrected chi connectivity index (χ3v) is 3.33. The molecule has 2 heterocycles. The van der Waals surface area contributed by atoms with Crippen LogP contribution in [0.5, 0.6) is 0 Å². The number of fused-ring (bicyclic) bond motifs is 1. The van der Waals surface area contributed by atoms with Crippen molar-refractivity contribution in [3.63, 3.8) is 0 Å². The van der Waals surface area contributed by atoms with E-state index in [4.69, 9.17) is 0 Å². The van der Waals surface area contributed by atoms with Crippen LogP contribution in [-0.4, -0.2) is 54.6 Å². The molecule has 2 aliphatic heterocycles. The first-order valence-electron chi connectivity index (χ1n) is 6.09. The molecule has 4 heteroatoms. The lowest BCUT2D eigenvalue weighted by Gasteiger charge is -2.28. The van der Waals surface area contributed by atoms with Crippen molar-refractivity contribution in [2.75, 3.05) is 32.7 Å². The number of nitrogens with one attached hydrogen (secondary N) is 1. The van der Waals surface area contributed by atoms with Crippen molar-refractivity contribution in [2.24, 2.45) is 0 Å². The van der Waals surface area contributed by atoms with Crippen LogP contribution in [0, 0.1) is 0 Å². The minimum absolute atomic E-state index is 0.262. The number of urea groups is 1. The Balaban J connectivity index is 1.84. The first-order valence-corrected chi connectivity index (χ1v) is 6.09. The number of piperazine rings is 1. The van der Waals surface area contributed by atoms with Gasteiger partial charge in [0.25, 0.3) is 0 Å². The molecule has 0 aliphatic carbocycles. The summed E-state index contributed by atoms with van der Waals surface area (Å²) >= 11 is 0. The Morgan fingerprint density at radius 3 is 3.07 bits per heavy atom. The van der Waals surface area contributed by atoms with Crippen LogP contribution < -0.4 is 5.32 Å². The topological polar surface area (TPSA) is 35.6 Å². The molecule has 0 radical (unpaired) electrons. The second kappa shape index (κ2) is 4.84. The lowest BCUT2D eigenvalue weighted by molar-refractivity contribution is 0.179. The van der Waals surface area contributed by atoms with Gasteiger partial charge in [-0.1, -0.05) is 19.8 Å². The van der Waals surface area contributed by atoms with Crippen LogP contribution in [0.25, 0.3) is 0 Å². The van der Waals surface area contributed by atoms with Gasteiger partial charge in [-0.3, -0.25) is 0 Å². The predicted octanol–water partition coefficient (Wildman–Crippen LogP) is 0.886. The Kier molecular flexibility index (Phi) is 3.46. The predicted molar refractivity (Wildman–Crippen MR) is 59.9 cm³/mol. The van der Waals surface area contributed by atoms with Crippen molar-refractivity contribution in [3.05, 3.63) is 0 Å². The maximum Gasteiger partial charge on any atom is 0.320 e. The van der Waals surface area contributed by atoms with Crippen LogP contribution in [0.2, 0.25) is 0 Å². The summed E-state index contributed by atoms with van der Waals surface area (Å²) in [6.45, 7) is 6.86. The highest BCUT2D eigenvalue weighted by atomic mass is 16.2. The van der Waals surface area contributed by atoms with Gasteiger partial charge in [0, 0.05) is 32.7 Å². The highest BCUT2D eigenvalue weighted by Gasteiger charge is 2.37. The molecule has 0 bridgehead atoms. The summed E-state index contributed by atoms with van der Waals surface area (Å²) in [4.78, 5) is 16.0. The smallest absolute Gasteiger partial charge is 0.320 e. The van der Waals surface area contributed by atoms with Crippen molar-refractivity contribution in [3.8, 4) is 0 Å². The minimum Gasteiger partial charge on any atom is -0.323 e. The van der Waals surface area contributed by atoms with Gasteiger partial charge in [0.05, 0.1) is 6.04 Å². The number of hydrogen-bond acceptors (Lipinski definition) is 2. The summed E-state index contributed by atoms with van der Waals surface area (Å²) in [7, 11) is 0. The summed E-state index contributed by atoms with van der Waals surface area (Å²) in [6, 6.07) is 0.686. The largest absolute Gasteiger partial charge is 0.323 e. The SMILES string of the molecule is CCCCCN1CC2CNCCN2C1=O. The Hall–Kier alpha value is -0.770. The molecule has 4 nitrogen and oxygen atoms in total.